The lowest BCUT2D eigenvalue weighted by molar-refractivity contribution is 0.0798. The predicted molar refractivity (Wildman–Crippen MR) is 62.1 cm³/mol. The number of piperazine rings is 1. The highest BCUT2D eigenvalue weighted by molar-refractivity contribution is 4.81. The minimum atomic E-state index is 0.511. The fourth-order valence-electron chi connectivity index (χ4n) is 2.47. The quantitative estimate of drug-likeness (QED) is 0.658. The summed E-state index contributed by atoms with van der Waals surface area (Å²) < 4.78 is 5.62. The molecular weight excluding hydrogens is 202 g/mol. The normalized spacial score (nSPS) is 28.1. The summed E-state index contributed by atoms with van der Waals surface area (Å²) >= 11 is 0. The van der Waals surface area contributed by atoms with Crippen molar-refractivity contribution < 1.29 is 4.74 Å². The summed E-state index contributed by atoms with van der Waals surface area (Å²) in [6.45, 7) is 6.99. The summed E-state index contributed by atoms with van der Waals surface area (Å²) in [7, 11) is 0. The third-order valence-electron chi connectivity index (χ3n) is 3.55. The van der Waals surface area contributed by atoms with Gasteiger partial charge in [-0.1, -0.05) is 0 Å². The van der Waals surface area contributed by atoms with Crippen molar-refractivity contribution in [3.63, 3.8) is 0 Å². The molecule has 0 saturated carbocycles. The molecule has 0 bridgehead atoms. The topological polar surface area (TPSA) is 39.5 Å². The van der Waals surface area contributed by atoms with E-state index in [1.807, 2.05) is 0 Å². The zero-order valence-electron chi connectivity index (χ0n) is 9.90. The Morgan fingerprint density at radius 1 is 1.19 bits per heavy atom. The van der Waals surface area contributed by atoms with Crippen molar-refractivity contribution in [2.45, 2.75) is 25.4 Å². The van der Waals surface area contributed by atoms with Gasteiger partial charge in [0.1, 0.15) is 0 Å². The average Bonchev–Trinajstić information content (AvgIpc) is 2.82. The first-order valence-corrected chi connectivity index (χ1v) is 6.32. The highest BCUT2D eigenvalue weighted by Gasteiger charge is 2.19. The summed E-state index contributed by atoms with van der Waals surface area (Å²) in [4.78, 5) is 4.72. The van der Waals surface area contributed by atoms with Gasteiger partial charge in [-0.2, -0.15) is 5.26 Å². The molecule has 0 aromatic rings. The molecule has 16 heavy (non-hydrogen) atoms. The van der Waals surface area contributed by atoms with Gasteiger partial charge in [0.25, 0.3) is 0 Å². The van der Waals surface area contributed by atoms with Crippen molar-refractivity contribution in [3.8, 4) is 6.07 Å². The molecule has 0 aromatic carbocycles. The van der Waals surface area contributed by atoms with E-state index in [1.54, 1.807) is 0 Å². The molecule has 0 amide bonds. The summed E-state index contributed by atoms with van der Waals surface area (Å²) in [6.07, 6.45) is 4.17. The van der Waals surface area contributed by atoms with E-state index in [9.17, 15) is 0 Å². The predicted octanol–water partition coefficient (Wildman–Crippen LogP) is 0.697. The molecule has 1 unspecified atom stereocenters. The maximum Gasteiger partial charge on any atom is 0.0866 e. The van der Waals surface area contributed by atoms with Gasteiger partial charge in [0.15, 0.2) is 0 Å². The third kappa shape index (κ3) is 3.44. The maximum atomic E-state index is 8.61. The Morgan fingerprint density at radius 3 is 2.56 bits per heavy atom. The van der Waals surface area contributed by atoms with Gasteiger partial charge in [0.2, 0.25) is 0 Å². The van der Waals surface area contributed by atoms with Crippen LogP contribution in [-0.2, 0) is 4.74 Å². The van der Waals surface area contributed by atoms with E-state index in [-0.39, 0.29) is 0 Å². The number of ether oxygens (including phenoxy) is 1. The number of hydrogen-bond donors (Lipinski definition) is 0. The van der Waals surface area contributed by atoms with Crippen molar-refractivity contribution in [1.29, 1.82) is 5.26 Å². The number of rotatable bonds is 4. The van der Waals surface area contributed by atoms with Gasteiger partial charge in [-0.25, -0.2) is 0 Å². The Kier molecular flexibility index (Phi) is 4.58. The zero-order chi connectivity index (χ0) is 11.2. The first-order valence-electron chi connectivity index (χ1n) is 6.32. The van der Waals surface area contributed by atoms with Crippen LogP contribution in [0.3, 0.4) is 0 Å². The van der Waals surface area contributed by atoms with E-state index < -0.39 is 0 Å². The molecule has 90 valence electrons. The van der Waals surface area contributed by atoms with Crippen LogP contribution < -0.4 is 0 Å². The van der Waals surface area contributed by atoms with Crippen molar-refractivity contribution in [1.82, 2.24) is 9.80 Å². The van der Waals surface area contributed by atoms with Crippen LogP contribution in [0.2, 0.25) is 0 Å². The van der Waals surface area contributed by atoms with E-state index in [4.69, 9.17) is 10.00 Å². The molecule has 2 rings (SSSR count). The Labute approximate surface area is 97.8 Å². The summed E-state index contributed by atoms with van der Waals surface area (Å²) in [5.74, 6) is 0. The number of hydrogen-bond acceptors (Lipinski definition) is 4. The van der Waals surface area contributed by atoms with Gasteiger partial charge in [0, 0.05) is 39.3 Å². The van der Waals surface area contributed by atoms with Crippen molar-refractivity contribution >= 4 is 0 Å². The Hall–Kier alpha value is -0.630. The Balaban J connectivity index is 1.60. The summed E-state index contributed by atoms with van der Waals surface area (Å²) in [6, 6.07) is 2.22. The maximum absolute atomic E-state index is 8.61. The van der Waals surface area contributed by atoms with Crippen LogP contribution in [0.4, 0.5) is 0 Å². The lowest BCUT2D eigenvalue weighted by atomic mass is 10.1. The standard InChI is InChI=1S/C12H21N3O/c13-4-6-15-9-7-14(8-10-15)5-3-12-2-1-11-16-12/h12H,1-3,5-11H2. The highest BCUT2D eigenvalue weighted by atomic mass is 16.5. The van der Waals surface area contributed by atoms with Crippen molar-refractivity contribution in [3.05, 3.63) is 0 Å². The van der Waals surface area contributed by atoms with Crippen LogP contribution in [-0.4, -0.2) is 61.8 Å². The smallest absolute Gasteiger partial charge is 0.0866 e. The molecule has 1 atom stereocenters. The molecule has 0 aromatic heterocycles. The fourth-order valence-corrected chi connectivity index (χ4v) is 2.47. The molecule has 0 radical (unpaired) electrons. The molecule has 2 aliphatic heterocycles. The van der Waals surface area contributed by atoms with Crippen LogP contribution >= 0.6 is 0 Å². The van der Waals surface area contributed by atoms with Crippen LogP contribution in [0.25, 0.3) is 0 Å². The van der Waals surface area contributed by atoms with Crippen molar-refractivity contribution in [2.75, 3.05) is 45.9 Å². The minimum Gasteiger partial charge on any atom is -0.378 e. The molecule has 2 fully saturated rings. The second-order valence-electron chi connectivity index (χ2n) is 4.70. The first kappa shape index (κ1) is 11.8. The zero-order valence-corrected chi connectivity index (χ0v) is 9.90. The second kappa shape index (κ2) is 6.19. The number of nitrogens with zero attached hydrogens (tertiary/aromatic N) is 3. The van der Waals surface area contributed by atoms with E-state index in [0.29, 0.717) is 12.6 Å². The number of nitriles is 1. The van der Waals surface area contributed by atoms with Crippen LogP contribution in [0.1, 0.15) is 19.3 Å². The minimum absolute atomic E-state index is 0.511. The lowest BCUT2D eigenvalue weighted by Gasteiger charge is -2.33. The van der Waals surface area contributed by atoms with E-state index in [2.05, 4.69) is 15.9 Å². The Bertz CT molecular complexity index is 237. The largest absolute Gasteiger partial charge is 0.378 e. The first-order chi connectivity index (χ1) is 7.88. The SMILES string of the molecule is N#CCN1CCN(CCC2CCCO2)CC1. The van der Waals surface area contributed by atoms with E-state index >= 15 is 0 Å². The molecule has 2 saturated heterocycles. The summed E-state index contributed by atoms with van der Waals surface area (Å²) in [5.41, 5.74) is 0. The van der Waals surface area contributed by atoms with Gasteiger partial charge < -0.3 is 9.64 Å². The molecule has 2 heterocycles. The van der Waals surface area contributed by atoms with Crippen molar-refractivity contribution in [2.24, 2.45) is 0 Å². The monoisotopic (exact) mass is 223 g/mol. The van der Waals surface area contributed by atoms with Gasteiger partial charge >= 0.3 is 0 Å². The molecule has 0 aliphatic carbocycles. The van der Waals surface area contributed by atoms with Gasteiger partial charge in [-0.15, -0.1) is 0 Å². The van der Waals surface area contributed by atoms with Gasteiger partial charge in [0.05, 0.1) is 18.7 Å². The average molecular weight is 223 g/mol. The second-order valence-corrected chi connectivity index (χ2v) is 4.70. The fraction of sp³-hybridized carbons (Fsp3) is 0.917. The van der Waals surface area contributed by atoms with Crippen LogP contribution in [0, 0.1) is 11.3 Å². The molecular formula is C12H21N3O. The molecule has 4 nitrogen and oxygen atoms in total. The van der Waals surface area contributed by atoms with Gasteiger partial charge in [-0.3, -0.25) is 4.90 Å². The molecule has 2 aliphatic rings. The lowest BCUT2D eigenvalue weighted by Crippen LogP contribution is -2.46. The van der Waals surface area contributed by atoms with Crippen LogP contribution in [0.15, 0.2) is 0 Å². The van der Waals surface area contributed by atoms with Gasteiger partial charge in [-0.05, 0) is 19.3 Å². The van der Waals surface area contributed by atoms with Crippen LogP contribution in [0.5, 0.6) is 0 Å². The Morgan fingerprint density at radius 2 is 1.94 bits per heavy atom. The third-order valence-corrected chi connectivity index (χ3v) is 3.55. The summed E-state index contributed by atoms with van der Waals surface area (Å²) in [5, 5.41) is 8.61. The molecule has 4 heteroatoms. The molecule has 0 N–H and O–H groups in total. The van der Waals surface area contributed by atoms with E-state index in [1.165, 1.54) is 19.3 Å². The highest BCUT2D eigenvalue weighted by Crippen LogP contribution is 2.16. The van der Waals surface area contributed by atoms with E-state index in [0.717, 1.165) is 39.3 Å². The molecule has 0 spiro atoms.